The highest BCUT2D eigenvalue weighted by Crippen LogP contribution is 2.24. The molecule has 0 saturated carbocycles. The first-order chi connectivity index (χ1) is 9.28. The molecule has 20 heavy (non-hydrogen) atoms. The summed E-state index contributed by atoms with van der Waals surface area (Å²) < 4.78 is 52.1. The lowest BCUT2D eigenvalue weighted by molar-refractivity contribution is 0.584. The van der Waals surface area contributed by atoms with Crippen molar-refractivity contribution in [3.63, 3.8) is 0 Å². The Hall–Kier alpha value is -1.86. The van der Waals surface area contributed by atoms with E-state index in [1.165, 1.54) is 12.1 Å². The second-order valence-electron chi connectivity index (χ2n) is 3.95. The van der Waals surface area contributed by atoms with Gasteiger partial charge in [0.05, 0.1) is 21.3 Å². The lowest BCUT2D eigenvalue weighted by atomic mass is 10.3. The lowest BCUT2D eigenvalue weighted by Gasteiger charge is -2.09. The Balaban J connectivity index is 2.37. The zero-order chi connectivity index (χ0) is 14.9. The van der Waals surface area contributed by atoms with Crippen molar-refractivity contribution in [3.8, 4) is 0 Å². The highest BCUT2D eigenvalue weighted by atomic mass is 35.5. The number of sulfonamides is 1. The van der Waals surface area contributed by atoms with Gasteiger partial charge in [-0.05, 0) is 30.3 Å². The molecule has 0 fully saturated rings. The standard InChI is InChI=1S/C12H9ClF2N2O2S/c13-11-6-10(1-2-12(11)16)20(18,19)17-9-4-7(14)3-8(15)5-9/h1-6,17H,16H2. The number of nitrogens with two attached hydrogens (primary N) is 1. The van der Waals surface area contributed by atoms with Gasteiger partial charge in [-0.2, -0.15) is 0 Å². The van der Waals surface area contributed by atoms with Crippen LogP contribution in [0.5, 0.6) is 0 Å². The van der Waals surface area contributed by atoms with E-state index in [0.29, 0.717) is 6.07 Å². The molecule has 0 aliphatic rings. The number of hydrogen-bond donors (Lipinski definition) is 2. The Kier molecular flexibility index (Phi) is 3.82. The Bertz CT molecular complexity index is 746. The zero-order valence-electron chi connectivity index (χ0n) is 9.90. The summed E-state index contributed by atoms with van der Waals surface area (Å²) in [5.41, 5.74) is 5.48. The topological polar surface area (TPSA) is 72.2 Å². The minimum Gasteiger partial charge on any atom is -0.398 e. The Labute approximate surface area is 119 Å². The highest BCUT2D eigenvalue weighted by molar-refractivity contribution is 7.92. The smallest absolute Gasteiger partial charge is 0.261 e. The molecule has 106 valence electrons. The summed E-state index contributed by atoms with van der Waals surface area (Å²) in [4.78, 5) is -0.165. The second kappa shape index (κ2) is 5.26. The van der Waals surface area contributed by atoms with Gasteiger partial charge in [0.1, 0.15) is 11.6 Å². The fourth-order valence-corrected chi connectivity index (χ4v) is 2.81. The van der Waals surface area contributed by atoms with Crippen molar-refractivity contribution < 1.29 is 17.2 Å². The zero-order valence-corrected chi connectivity index (χ0v) is 11.5. The van der Waals surface area contributed by atoms with Gasteiger partial charge < -0.3 is 5.73 Å². The first kappa shape index (κ1) is 14.5. The summed E-state index contributed by atoms with van der Waals surface area (Å²) in [6.45, 7) is 0. The van der Waals surface area contributed by atoms with Crippen LogP contribution < -0.4 is 10.5 Å². The summed E-state index contributed by atoms with van der Waals surface area (Å²) in [6, 6.07) is 6.06. The molecular formula is C12H9ClF2N2O2S. The normalized spacial score (nSPS) is 11.3. The van der Waals surface area contributed by atoms with E-state index >= 15 is 0 Å². The SMILES string of the molecule is Nc1ccc(S(=O)(=O)Nc2cc(F)cc(F)c2)cc1Cl. The lowest BCUT2D eigenvalue weighted by Crippen LogP contribution is -2.13. The molecule has 0 saturated heterocycles. The summed E-state index contributed by atoms with van der Waals surface area (Å²) in [5, 5.41) is 0.0679. The largest absolute Gasteiger partial charge is 0.398 e. The van der Waals surface area contributed by atoms with Crippen molar-refractivity contribution in [2.45, 2.75) is 4.90 Å². The molecular weight excluding hydrogens is 310 g/mol. The Morgan fingerprint density at radius 2 is 1.65 bits per heavy atom. The molecule has 8 heteroatoms. The highest BCUT2D eigenvalue weighted by Gasteiger charge is 2.16. The quantitative estimate of drug-likeness (QED) is 0.854. The van der Waals surface area contributed by atoms with E-state index in [1.807, 2.05) is 0 Å². The van der Waals surface area contributed by atoms with Crippen LogP contribution in [0.3, 0.4) is 0 Å². The summed E-state index contributed by atoms with van der Waals surface area (Å²) in [7, 11) is -4.01. The fourth-order valence-electron chi connectivity index (χ4n) is 1.50. The molecule has 2 aromatic carbocycles. The van der Waals surface area contributed by atoms with Crippen LogP contribution in [0.2, 0.25) is 5.02 Å². The molecule has 0 aliphatic heterocycles. The predicted molar refractivity (Wildman–Crippen MR) is 73.0 cm³/mol. The fraction of sp³-hybridized carbons (Fsp3) is 0. The van der Waals surface area contributed by atoms with Crippen LogP contribution >= 0.6 is 11.6 Å². The molecule has 0 spiro atoms. The van der Waals surface area contributed by atoms with Gasteiger partial charge in [-0.1, -0.05) is 11.6 Å². The third-order valence-electron chi connectivity index (χ3n) is 2.40. The molecule has 2 aromatic rings. The number of benzene rings is 2. The van der Waals surface area contributed by atoms with Crippen molar-refractivity contribution in [1.29, 1.82) is 0 Å². The molecule has 0 aromatic heterocycles. The van der Waals surface area contributed by atoms with E-state index in [0.717, 1.165) is 18.2 Å². The molecule has 0 heterocycles. The van der Waals surface area contributed by atoms with Crippen LogP contribution in [-0.2, 0) is 10.0 Å². The van der Waals surface area contributed by atoms with Crippen LogP contribution in [0.25, 0.3) is 0 Å². The number of halogens is 3. The molecule has 4 nitrogen and oxygen atoms in total. The number of nitrogen functional groups attached to an aromatic ring is 1. The minimum absolute atomic E-state index is 0.0679. The van der Waals surface area contributed by atoms with E-state index < -0.39 is 21.7 Å². The number of anilines is 2. The first-order valence-corrected chi connectivity index (χ1v) is 7.18. The molecule has 0 amide bonds. The maximum absolute atomic E-state index is 13.0. The van der Waals surface area contributed by atoms with Crippen molar-refractivity contribution in [2.75, 3.05) is 10.5 Å². The van der Waals surface area contributed by atoms with Crippen LogP contribution in [0.4, 0.5) is 20.2 Å². The van der Waals surface area contributed by atoms with Gasteiger partial charge in [0.15, 0.2) is 0 Å². The van der Waals surface area contributed by atoms with E-state index in [1.54, 1.807) is 0 Å². The van der Waals surface area contributed by atoms with Crippen molar-refractivity contribution in [1.82, 2.24) is 0 Å². The van der Waals surface area contributed by atoms with Crippen LogP contribution in [0.15, 0.2) is 41.3 Å². The third-order valence-corrected chi connectivity index (χ3v) is 4.10. The maximum Gasteiger partial charge on any atom is 0.261 e. The minimum atomic E-state index is -4.01. The van der Waals surface area contributed by atoms with Gasteiger partial charge in [0, 0.05) is 6.07 Å². The van der Waals surface area contributed by atoms with Crippen LogP contribution in [-0.4, -0.2) is 8.42 Å². The molecule has 0 atom stereocenters. The maximum atomic E-state index is 13.0. The summed E-state index contributed by atoms with van der Waals surface area (Å²) in [6.07, 6.45) is 0. The number of rotatable bonds is 3. The molecule has 0 unspecified atom stereocenters. The van der Waals surface area contributed by atoms with Crippen LogP contribution in [0, 0.1) is 11.6 Å². The average Bonchev–Trinajstić information content (AvgIpc) is 2.30. The van der Waals surface area contributed by atoms with Gasteiger partial charge in [0.2, 0.25) is 0 Å². The summed E-state index contributed by atoms with van der Waals surface area (Å²) >= 11 is 5.74. The van der Waals surface area contributed by atoms with E-state index in [2.05, 4.69) is 4.72 Å². The molecule has 0 bridgehead atoms. The van der Waals surface area contributed by atoms with Crippen LogP contribution in [0.1, 0.15) is 0 Å². The monoisotopic (exact) mass is 318 g/mol. The van der Waals surface area contributed by atoms with Gasteiger partial charge in [0.25, 0.3) is 10.0 Å². The van der Waals surface area contributed by atoms with Gasteiger partial charge >= 0.3 is 0 Å². The predicted octanol–water partition coefficient (Wildman–Crippen LogP) is 3.00. The van der Waals surface area contributed by atoms with Crippen molar-refractivity contribution in [2.24, 2.45) is 0 Å². The second-order valence-corrected chi connectivity index (χ2v) is 6.04. The Morgan fingerprint density at radius 3 is 2.20 bits per heavy atom. The number of hydrogen-bond acceptors (Lipinski definition) is 3. The molecule has 2 rings (SSSR count). The number of nitrogens with one attached hydrogen (secondary N) is 1. The molecule has 0 aliphatic carbocycles. The first-order valence-electron chi connectivity index (χ1n) is 5.32. The van der Waals surface area contributed by atoms with Gasteiger partial charge in [-0.3, -0.25) is 4.72 Å². The van der Waals surface area contributed by atoms with E-state index in [4.69, 9.17) is 17.3 Å². The van der Waals surface area contributed by atoms with Crippen molar-refractivity contribution in [3.05, 3.63) is 53.1 Å². The average molecular weight is 319 g/mol. The van der Waals surface area contributed by atoms with E-state index in [9.17, 15) is 17.2 Å². The third kappa shape index (κ3) is 3.17. The van der Waals surface area contributed by atoms with Crippen molar-refractivity contribution >= 4 is 33.0 Å². The molecule has 0 radical (unpaired) electrons. The Morgan fingerprint density at radius 1 is 1.05 bits per heavy atom. The molecule has 3 N–H and O–H groups in total. The van der Waals surface area contributed by atoms with E-state index in [-0.39, 0.29) is 21.3 Å². The van der Waals surface area contributed by atoms with Gasteiger partial charge in [-0.15, -0.1) is 0 Å². The van der Waals surface area contributed by atoms with Gasteiger partial charge in [-0.25, -0.2) is 17.2 Å². The summed E-state index contributed by atoms with van der Waals surface area (Å²) in [5.74, 6) is -1.78.